The number of β-amino-alcohol motifs (C(OH)–C–C–N with tert-alkyl or cyclic N) is 1. The highest BCUT2D eigenvalue weighted by molar-refractivity contribution is 7.53. The van der Waals surface area contributed by atoms with Gasteiger partial charge in [-0.1, -0.05) is 54.4 Å². The van der Waals surface area contributed by atoms with E-state index in [0.29, 0.717) is 68.2 Å². The smallest absolute Gasteiger partial charge is 0.333 e. The van der Waals surface area contributed by atoms with Crippen LogP contribution in [0, 0.1) is 35.5 Å². The molecule has 0 aromatic heterocycles. The van der Waals surface area contributed by atoms with Crippen LogP contribution in [0.5, 0.6) is 0 Å². The summed E-state index contributed by atoms with van der Waals surface area (Å²) in [6, 6.07) is 0. The predicted octanol–water partition coefficient (Wildman–Crippen LogP) is 5.66. The number of carbonyl (C=O) groups is 1. The monoisotopic (exact) mass is 542 g/mol. The number of rotatable bonds is 10. The van der Waals surface area contributed by atoms with Gasteiger partial charge in [0.05, 0.1) is 24.5 Å². The quantitative estimate of drug-likeness (QED) is 0.359. The molecule has 0 aromatic carbocycles. The Kier molecular flexibility index (Phi) is 11.5. The van der Waals surface area contributed by atoms with Gasteiger partial charge in [0, 0.05) is 39.6 Å². The zero-order valence-electron chi connectivity index (χ0n) is 24.6. The molecular weight excluding hydrogens is 487 g/mol. The molecule has 3 aliphatic rings. The zero-order chi connectivity index (χ0) is 27.3. The second kappa shape index (κ2) is 13.7. The van der Waals surface area contributed by atoms with Gasteiger partial charge in [0.2, 0.25) is 5.91 Å². The van der Waals surface area contributed by atoms with Crippen LogP contribution in [-0.4, -0.2) is 78.0 Å². The molecule has 1 N–H and O–H groups in total. The third-order valence-corrected chi connectivity index (χ3v) is 11.3. The van der Waals surface area contributed by atoms with Crippen LogP contribution < -0.4 is 0 Å². The fourth-order valence-electron chi connectivity index (χ4n) is 6.85. The topological polar surface area (TPSA) is 79.3 Å². The number of hydrogen-bond donors (Lipinski definition) is 1. The average Bonchev–Trinajstić information content (AvgIpc) is 2.78. The molecule has 8 atom stereocenters. The Morgan fingerprint density at radius 3 is 1.73 bits per heavy atom. The minimum Gasteiger partial charge on any atom is -0.391 e. The summed E-state index contributed by atoms with van der Waals surface area (Å²) in [6.07, 6.45) is 5.36. The highest BCUT2D eigenvalue weighted by Crippen LogP contribution is 2.56. The molecule has 37 heavy (non-hydrogen) atoms. The maximum absolute atomic E-state index is 14.6. The molecule has 2 saturated carbocycles. The fraction of sp³-hybridized carbons (Fsp3) is 0.966. The van der Waals surface area contributed by atoms with E-state index in [1.807, 2.05) is 4.90 Å². The van der Waals surface area contributed by atoms with Crippen LogP contribution in [0.1, 0.15) is 87.0 Å². The summed E-state index contributed by atoms with van der Waals surface area (Å²) in [4.78, 5) is 15.7. The highest BCUT2D eigenvalue weighted by atomic mass is 31.2. The highest BCUT2D eigenvalue weighted by Gasteiger charge is 2.43. The van der Waals surface area contributed by atoms with Gasteiger partial charge in [-0.3, -0.25) is 14.3 Å². The van der Waals surface area contributed by atoms with Crippen molar-refractivity contribution in [2.45, 2.75) is 105 Å². The van der Waals surface area contributed by atoms with Crippen LogP contribution in [0.4, 0.5) is 0 Å². The molecule has 0 aromatic rings. The van der Waals surface area contributed by atoms with Crippen LogP contribution in [0.2, 0.25) is 0 Å². The number of aliphatic hydroxyl groups excluding tert-OH is 1. The first-order valence-corrected chi connectivity index (χ1v) is 16.7. The molecule has 3 rings (SSSR count). The van der Waals surface area contributed by atoms with E-state index in [2.05, 4.69) is 46.4 Å². The third-order valence-electron chi connectivity index (χ3n) is 9.24. The lowest BCUT2D eigenvalue weighted by atomic mass is 9.75. The van der Waals surface area contributed by atoms with Crippen LogP contribution in [0.3, 0.4) is 0 Å². The molecule has 1 heterocycles. The first-order chi connectivity index (χ1) is 17.4. The Hall–Kier alpha value is -0.460. The summed E-state index contributed by atoms with van der Waals surface area (Å²) in [6.45, 7) is 18.2. The minimum atomic E-state index is -3.56. The number of piperazine rings is 1. The Balaban J connectivity index is 1.75. The van der Waals surface area contributed by atoms with Crippen molar-refractivity contribution in [2.75, 3.05) is 38.9 Å². The molecule has 1 amide bonds. The van der Waals surface area contributed by atoms with Crippen molar-refractivity contribution in [3.8, 4) is 0 Å². The van der Waals surface area contributed by atoms with Gasteiger partial charge in [-0.2, -0.15) is 0 Å². The molecule has 0 bridgehead atoms. The van der Waals surface area contributed by atoms with Gasteiger partial charge in [0.25, 0.3) is 0 Å². The molecule has 0 radical (unpaired) electrons. The molecule has 0 spiro atoms. The standard InChI is InChI=1S/C29H55N2O5P/c1-20(2)26-10-8-22(5)16-28(26)35-37(34,36-29-17-23(6)9-11-27(29)21(3)4)19-25(33)18-30-12-14-31(15-13-30)24(7)32/h20-23,25-29,33H,8-19H2,1-7H3/t22-,23+,25-,26+,27+,28+,29+,37?/m0/s1. The number of nitrogens with zero attached hydrogens (tertiary/aromatic N) is 2. The van der Waals surface area contributed by atoms with Gasteiger partial charge in [0.1, 0.15) is 0 Å². The van der Waals surface area contributed by atoms with Crippen molar-refractivity contribution in [3.05, 3.63) is 0 Å². The van der Waals surface area contributed by atoms with Gasteiger partial charge in [-0.15, -0.1) is 0 Å². The van der Waals surface area contributed by atoms with Gasteiger partial charge < -0.3 is 19.1 Å². The number of aliphatic hydroxyl groups is 1. The molecule has 3 fully saturated rings. The Bertz CT molecular complexity index is 731. The second-order valence-corrected chi connectivity index (χ2v) is 15.2. The predicted molar refractivity (Wildman–Crippen MR) is 150 cm³/mol. The Labute approximate surface area is 226 Å². The van der Waals surface area contributed by atoms with Crippen LogP contribution in [0.25, 0.3) is 0 Å². The molecule has 7 nitrogen and oxygen atoms in total. The van der Waals surface area contributed by atoms with E-state index in [-0.39, 0.29) is 24.3 Å². The lowest BCUT2D eigenvalue weighted by molar-refractivity contribution is -0.130. The first kappa shape index (κ1) is 31.1. The van der Waals surface area contributed by atoms with E-state index >= 15 is 0 Å². The maximum atomic E-state index is 14.6. The molecule has 1 unspecified atom stereocenters. The SMILES string of the molecule is CC(=O)N1CCN(C[C@H](O)CP(=O)(O[C@@H]2C[C@H](C)CC[C@@H]2C(C)C)O[C@@H]2C[C@@H](C)CC[C@@H]2C(C)C)CC1. The lowest BCUT2D eigenvalue weighted by Gasteiger charge is -2.42. The fourth-order valence-corrected chi connectivity index (χ4v) is 9.02. The molecule has 216 valence electrons. The van der Waals surface area contributed by atoms with Crippen molar-refractivity contribution in [3.63, 3.8) is 0 Å². The van der Waals surface area contributed by atoms with E-state index in [1.54, 1.807) is 6.92 Å². The van der Waals surface area contributed by atoms with E-state index in [1.165, 1.54) is 12.8 Å². The number of hydrogen-bond acceptors (Lipinski definition) is 6. The molecule has 1 aliphatic heterocycles. The Morgan fingerprint density at radius 1 is 0.865 bits per heavy atom. The van der Waals surface area contributed by atoms with Gasteiger partial charge in [-0.25, -0.2) is 0 Å². The van der Waals surface area contributed by atoms with Crippen molar-refractivity contribution in [1.82, 2.24) is 9.80 Å². The first-order valence-electron chi connectivity index (χ1n) is 15.0. The van der Waals surface area contributed by atoms with E-state index < -0.39 is 13.7 Å². The minimum absolute atomic E-state index is 0.0331. The third kappa shape index (κ3) is 9.03. The molecule has 8 heteroatoms. The zero-order valence-corrected chi connectivity index (χ0v) is 25.5. The maximum Gasteiger partial charge on any atom is 0.333 e. The number of carbonyl (C=O) groups excluding carboxylic acids is 1. The summed E-state index contributed by atoms with van der Waals surface area (Å²) in [7, 11) is -3.56. The normalized spacial score (nSPS) is 34.5. The summed E-state index contributed by atoms with van der Waals surface area (Å²) in [5.41, 5.74) is 0. The number of amides is 1. The van der Waals surface area contributed by atoms with Crippen molar-refractivity contribution >= 4 is 13.5 Å². The molecule has 1 saturated heterocycles. The van der Waals surface area contributed by atoms with Crippen LogP contribution >= 0.6 is 7.60 Å². The van der Waals surface area contributed by atoms with Gasteiger partial charge >= 0.3 is 7.60 Å². The summed E-state index contributed by atoms with van der Waals surface area (Å²) >= 11 is 0. The second-order valence-electron chi connectivity index (χ2n) is 13.2. The van der Waals surface area contributed by atoms with Crippen molar-refractivity contribution in [1.29, 1.82) is 0 Å². The Morgan fingerprint density at radius 2 is 1.32 bits per heavy atom. The molecule has 2 aliphatic carbocycles. The largest absolute Gasteiger partial charge is 0.391 e. The van der Waals surface area contributed by atoms with Crippen LogP contribution in [0.15, 0.2) is 0 Å². The molecular formula is C29H55N2O5P. The van der Waals surface area contributed by atoms with E-state index in [0.717, 1.165) is 25.7 Å². The van der Waals surface area contributed by atoms with Crippen molar-refractivity contribution in [2.24, 2.45) is 35.5 Å². The summed E-state index contributed by atoms with van der Waals surface area (Å²) < 4.78 is 27.8. The lowest BCUT2D eigenvalue weighted by Crippen LogP contribution is -2.50. The van der Waals surface area contributed by atoms with E-state index in [9.17, 15) is 14.5 Å². The van der Waals surface area contributed by atoms with Crippen LogP contribution in [-0.2, 0) is 18.4 Å². The summed E-state index contributed by atoms with van der Waals surface area (Å²) in [5.74, 6) is 2.78. The summed E-state index contributed by atoms with van der Waals surface area (Å²) in [5, 5.41) is 11.2. The van der Waals surface area contributed by atoms with Crippen molar-refractivity contribution < 1.29 is 23.5 Å². The van der Waals surface area contributed by atoms with E-state index in [4.69, 9.17) is 9.05 Å². The average molecular weight is 543 g/mol. The van der Waals surface area contributed by atoms with Gasteiger partial charge in [0.15, 0.2) is 0 Å². The van der Waals surface area contributed by atoms with Gasteiger partial charge in [-0.05, 0) is 61.2 Å².